The molecule has 1 N–H and O–H groups in total. The van der Waals surface area contributed by atoms with Gasteiger partial charge in [-0.15, -0.1) is 0 Å². The van der Waals surface area contributed by atoms with E-state index in [2.05, 4.69) is 61.9 Å². The Hall–Kier alpha value is -5.49. The molecular formula is C46H44ClN5O6. The molecule has 296 valence electrons. The molecule has 4 heterocycles. The standard InChI is InChI=1S/C46H44ClN5O6/c1-45(2)43(46(3,4)44(45)58-32-13-10-27(21-48)36(47)20-32)51-24-30-17-26(9-14-33(30)40(51)55)6-5-25-7-11-31(12-8-25)50-22-28-18-34-35(19-29(28)23-50)42(57)52(41(34)56)37-15-16-38(53)49-39(37)54/h9-10,13-14,17-20,25,31,37,43-44H,7-8,11-12,15-16,22-24H2,1-4H3,(H,49,53,54). The maximum absolute atomic E-state index is 13.8. The van der Waals surface area contributed by atoms with E-state index in [0.717, 1.165) is 58.4 Å². The number of hydrogen-bond acceptors (Lipinski definition) is 8. The van der Waals surface area contributed by atoms with E-state index in [1.165, 1.54) is 0 Å². The number of benzene rings is 3. The number of halogens is 1. The first-order chi connectivity index (χ1) is 27.6. The predicted octanol–water partition coefficient (Wildman–Crippen LogP) is 6.38. The Bertz CT molecular complexity index is 2390. The average Bonchev–Trinajstić information content (AvgIpc) is 3.82. The van der Waals surface area contributed by atoms with Crippen LogP contribution in [0.4, 0.5) is 0 Å². The minimum Gasteiger partial charge on any atom is -0.489 e. The number of nitrogens with zero attached hydrogens (tertiary/aromatic N) is 4. The second-order valence-corrected chi connectivity index (χ2v) is 18.3. The number of nitriles is 1. The molecule has 3 aromatic rings. The van der Waals surface area contributed by atoms with Crippen LogP contribution < -0.4 is 10.1 Å². The van der Waals surface area contributed by atoms with Crippen LogP contribution >= 0.6 is 11.6 Å². The van der Waals surface area contributed by atoms with Crippen LogP contribution in [-0.4, -0.2) is 68.5 Å². The molecule has 58 heavy (non-hydrogen) atoms. The molecule has 1 atom stereocenters. The lowest BCUT2D eigenvalue weighted by atomic mass is 9.49. The molecule has 6 aliphatic rings. The largest absolute Gasteiger partial charge is 0.489 e. The van der Waals surface area contributed by atoms with Gasteiger partial charge in [0, 0.05) is 72.1 Å². The van der Waals surface area contributed by atoms with Crippen molar-refractivity contribution in [1.82, 2.24) is 20.0 Å². The van der Waals surface area contributed by atoms with Crippen molar-refractivity contribution in [1.29, 1.82) is 5.26 Å². The van der Waals surface area contributed by atoms with Crippen molar-refractivity contribution in [3.05, 3.63) is 98.1 Å². The van der Waals surface area contributed by atoms with E-state index in [4.69, 9.17) is 16.3 Å². The Balaban J connectivity index is 0.805. The topological polar surface area (TPSA) is 140 Å². The number of ether oxygens (including phenoxy) is 1. The minimum absolute atomic E-state index is 0.0277. The van der Waals surface area contributed by atoms with Crippen LogP contribution in [0.2, 0.25) is 5.02 Å². The van der Waals surface area contributed by atoms with Gasteiger partial charge in [0.1, 0.15) is 24.0 Å². The van der Waals surface area contributed by atoms with Crippen molar-refractivity contribution in [2.75, 3.05) is 0 Å². The monoisotopic (exact) mass is 797 g/mol. The summed E-state index contributed by atoms with van der Waals surface area (Å²) in [5.74, 6) is 5.91. The van der Waals surface area contributed by atoms with Gasteiger partial charge in [-0.1, -0.05) is 51.1 Å². The Labute approximate surface area is 342 Å². The van der Waals surface area contributed by atoms with Crippen LogP contribution in [0.25, 0.3) is 0 Å². The Morgan fingerprint density at radius 1 is 0.776 bits per heavy atom. The number of piperidine rings is 1. The van der Waals surface area contributed by atoms with Crippen LogP contribution in [0.1, 0.15) is 125 Å². The zero-order chi connectivity index (χ0) is 40.8. The summed E-state index contributed by atoms with van der Waals surface area (Å²) in [6, 6.07) is 16.1. The van der Waals surface area contributed by atoms with E-state index >= 15 is 0 Å². The van der Waals surface area contributed by atoms with Gasteiger partial charge >= 0.3 is 0 Å². The van der Waals surface area contributed by atoms with Crippen LogP contribution in [0.3, 0.4) is 0 Å². The zero-order valence-corrected chi connectivity index (χ0v) is 33.7. The smallest absolute Gasteiger partial charge is 0.262 e. The number of carbonyl (C=O) groups is 5. The summed E-state index contributed by atoms with van der Waals surface area (Å²) >= 11 is 6.29. The fourth-order valence-corrected chi connectivity index (χ4v) is 11.3. The molecule has 4 aliphatic heterocycles. The summed E-state index contributed by atoms with van der Waals surface area (Å²) in [6.45, 7) is 10.5. The Morgan fingerprint density at radius 3 is 2.07 bits per heavy atom. The normalized spacial score (nSPS) is 26.9. The lowest BCUT2D eigenvalue weighted by Gasteiger charge is -2.65. The van der Waals surface area contributed by atoms with E-state index in [9.17, 15) is 29.2 Å². The van der Waals surface area contributed by atoms with Crippen LogP contribution in [-0.2, 0) is 29.2 Å². The van der Waals surface area contributed by atoms with Crippen LogP contribution in [0.5, 0.6) is 5.75 Å². The third kappa shape index (κ3) is 6.10. The summed E-state index contributed by atoms with van der Waals surface area (Å²) in [5.41, 5.74) is 5.05. The predicted molar refractivity (Wildman–Crippen MR) is 213 cm³/mol. The number of fused-ring (bicyclic) bond motifs is 3. The number of rotatable bonds is 5. The second kappa shape index (κ2) is 13.8. The van der Waals surface area contributed by atoms with E-state index in [0.29, 0.717) is 53.1 Å². The van der Waals surface area contributed by atoms with Gasteiger partial charge in [-0.3, -0.25) is 39.1 Å². The van der Waals surface area contributed by atoms with E-state index in [1.807, 2.05) is 29.2 Å². The summed E-state index contributed by atoms with van der Waals surface area (Å²) in [7, 11) is 0. The van der Waals surface area contributed by atoms with Gasteiger partial charge in [-0.2, -0.15) is 5.26 Å². The SMILES string of the molecule is CC1(C)C(Oc2ccc(C#N)c(Cl)c2)C(C)(C)C1N1Cc2cc(C#CC3CCC(N4Cc5cc6c(cc5C4)C(=O)N(C4CCC(=O)NC4=O)C6=O)CC3)ccc2C1=O. The first kappa shape index (κ1) is 38.1. The van der Waals surface area contributed by atoms with E-state index < -0.39 is 29.7 Å². The maximum atomic E-state index is 13.8. The molecule has 0 aromatic heterocycles. The number of carbonyl (C=O) groups excluding carboxylic acids is 5. The quantitative estimate of drug-likeness (QED) is 0.232. The van der Waals surface area contributed by atoms with Crippen LogP contribution in [0.15, 0.2) is 48.5 Å². The first-order valence-corrected chi connectivity index (χ1v) is 20.5. The molecule has 3 aromatic carbocycles. The van der Waals surface area contributed by atoms with Gasteiger partial charge in [-0.05, 0) is 91.3 Å². The number of amides is 5. The highest BCUT2D eigenvalue weighted by Crippen LogP contribution is 2.59. The summed E-state index contributed by atoms with van der Waals surface area (Å²) in [6.07, 6.45) is 3.99. The third-order valence-electron chi connectivity index (χ3n) is 13.5. The number of nitrogens with one attached hydrogen (secondary N) is 1. The average molecular weight is 798 g/mol. The van der Waals surface area contributed by atoms with Crippen molar-refractivity contribution < 1.29 is 28.7 Å². The van der Waals surface area contributed by atoms with Gasteiger partial charge in [0.25, 0.3) is 17.7 Å². The maximum Gasteiger partial charge on any atom is 0.262 e. The molecule has 5 amide bonds. The lowest BCUT2D eigenvalue weighted by molar-refractivity contribution is -0.199. The number of hydrogen-bond donors (Lipinski definition) is 1. The fourth-order valence-electron chi connectivity index (χ4n) is 11.1. The third-order valence-corrected chi connectivity index (χ3v) is 13.8. The van der Waals surface area contributed by atoms with Crippen molar-refractivity contribution >= 4 is 41.1 Å². The Morgan fingerprint density at radius 2 is 1.45 bits per heavy atom. The van der Waals surface area contributed by atoms with E-state index in [1.54, 1.807) is 18.2 Å². The summed E-state index contributed by atoms with van der Waals surface area (Å²) in [5, 5.41) is 11.9. The molecule has 12 heteroatoms. The number of imide groups is 2. The Kier molecular flexibility index (Phi) is 9.07. The molecule has 11 nitrogen and oxygen atoms in total. The minimum atomic E-state index is -0.969. The zero-order valence-electron chi connectivity index (χ0n) is 33.0. The highest BCUT2D eigenvalue weighted by atomic mass is 35.5. The molecule has 3 fully saturated rings. The lowest BCUT2D eigenvalue weighted by Crippen LogP contribution is -2.74. The highest BCUT2D eigenvalue weighted by Gasteiger charge is 2.67. The molecule has 2 aliphatic carbocycles. The van der Waals surface area contributed by atoms with Gasteiger partial charge in [-0.25, -0.2) is 0 Å². The first-order valence-electron chi connectivity index (χ1n) is 20.1. The fraction of sp³-hybridized carbons (Fsp3) is 0.435. The van der Waals surface area contributed by atoms with Crippen LogP contribution in [0, 0.1) is 39.9 Å². The van der Waals surface area contributed by atoms with E-state index in [-0.39, 0.29) is 47.6 Å². The van der Waals surface area contributed by atoms with Gasteiger partial charge in [0.15, 0.2) is 0 Å². The van der Waals surface area contributed by atoms with Crippen molar-refractivity contribution in [3.8, 4) is 23.7 Å². The van der Waals surface area contributed by atoms with Crippen molar-refractivity contribution in [2.45, 2.75) is 110 Å². The summed E-state index contributed by atoms with van der Waals surface area (Å²) in [4.78, 5) is 70.1. The highest BCUT2D eigenvalue weighted by molar-refractivity contribution is 6.31. The van der Waals surface area contributed by atoms with Gasteiger partial charge in [0.2, 0.25) is 11.8 Å². The van der Waals surface area contributed by atoms with Gasteiger partial charge < -0.3 is 9.64 Å². The molecule has 2 saturated carbocycles. The molecule has 1 saturated heterocycles. The molecule has 0 spiro atoms. The molecular weight excluding hydrogens is 754 g/mol. The van der Waals surface area contributed by atoms with Crippen molar-refractivity contribution in [2.24, 2.45) is 16.7 Å². The molecule has 1 unspecified atom stereocenters. The molecule has 0 radical (unpaired) electrons. The van der Waals surface area contributed by atoms with Crippen molar-refractivity contribution in [3.63, 3.8) is 0 Å². The second-order valence-electron chi connectivity index (χ2n) is 17.9. The molecule has 0 bridgehead atoms. The van der Waals surface area contributed by atoms with Gasteiger partial charge in [0.05, 0.1) is 21.7 Å². The molecule has 9 rings (SSSR count). The summed E-state index contributed by atoms with van der Waals surface area (Å²) < 4.78 is 6.48.